The second-order valence-electron chi connectivity index (χ2n) is 22.0. The number of anilines is 3. The maximum absolute atomic E-state index is 10.9. The standard InChI is InChI=1S/C18H28N4O3Si.C17H26N4O3Si.C16H24N4O3Si/c1-14-17(15-7-9-16(10-8-15)22(23)24)18(20(2)3)19-21(14)13-25-11-12-26(4,5)6;1-13-16(14-6-8-15(9-7-14)21(22)23)17(18-2)19-20(13)12-24-10-11-25(3,4)5;1-12-15(13-5-7-14(8-6-13)20(21)22)16(17)18-19(12)11-23-9-10-24(2,3)4/h7-10H,11-13H2,1-6H3;6-9H,10-12H2,1-5H3,(H,18,19);5-8H,9-11H2,1-4H3,(H2,17,18). The first-order valence-electron chi connectivity index (χ1n) is 24.8. The monoisotopic (exact) mass is 1090 g/mol. The highest BCUT2D eigenvalue weighted by Crippen LogP contribution is 2.35. The molecular weight excluding hydrogens is 1010 g/mol. The fraction of sp³-hybridized carbons (Fsp3) is 0.471. The lowest BCUT2D eigenvalue weighted by Crippen LogP contribution is -2.22. The first-order chi connectivity index (χ1) is 35.0. The number of nitrogen functional groups attached to an aromatic ring is 1. The van der Waals surface area contributed by atoms with Gasteiger partial charge in [0.1, 0.15) is 20.2 Å². The Morgan fingerprint density at radius 2 is 0.827 bits per heavy atom. The number of nitro groups is 3. The molecule has 0 aliphatic carbocycles. The van der Waals surface area contributed by atoms with E-state index in [-0.39, 0.29) is 22.0 Å². The van der Waals surface area contributed by atoms with Crippen LogP contribution in [-0.4, -0.2) is 109 Å². The molecule has 6 aromatic rings. The Hall–Kier alpha value is -6.58. The van der Waals surface area contributed by atoms with Gasteiger partial charge in [0.05, 0.1) is 14.8 Å². The Balaban J connectivity index is 0.000000244. The van der Waals surface area contributed by atoms with Crippen molar-refractivity contribution in [3.05, 3.63) is 120 Å². The van der Waals surface area contributed by atoms with E-state index >= 15 is 0 Å². The lowest BCUT2D eigenvalue weighted by atomic mass is 10.1. The lowest BCUT2D eigenvalue weighted by Gasteiger charge is -2.15. The van der Waals surface area contributed by atoms with Crippen LogP contribution in [0.4, 0.5) is 34.5 Å². The van der Waals surface area contributed by atoms with E-state index in [0.29, 0.717) is 32.6 Å². The smallest absolute Gasteiger partial charge is 0.269 e. The fourth-order valence-electron chi connectivity index (χ4n) is 7.39. The van der Waals surface area contributed by atoms with Crippen LogP contribution in [-0.2, 0) is 34.4 Å². The predicted molar refractivity (Wildman–Crippen MR) is 308 cm³/mol. The number of benzene rings is 3. The molecule has 0 amide bonds. The molecule has 75 heavy (non-hydrogen) atoms. The van der Waals surface area contributed by atoms with Crippen molar-refractivity contribution in [2.75, 3.05) is 56.9 Å². The van der Waals surface area contributed by atoms with Gasteiger partial charge in [-0.3, -0.25) is 30.3 Å². The first kappa shape index (κ1) is 61.0. The molecule has 0 fully saturated rings. The molecule has 6 rings (SSSR count). The Morgan fingerprint density at radius 3 is 1.16 bits per heavy atom. The van der Waals surface area contributed by atoms with Crippen LogP contribution in [0.25, 0.3) is 33.4 Å². The number of nitro benzene ring substituents is 3. The van der Waals surface area contributed by atoms with Crippen molar-refractivity contribution in [3.63, 3.8) is 0 Å². The maximum Gasteiger partial charge on any atom is 0.269 e. The van der Waals surface area contributed by atoms with Gasteiger partial charge in [-0.25, -0.2) is 14.0 Å². The zero-order valence-electron chi connectivity index (χ0n) is 46.5. The number of nitrogens with zero attached hydrogens (tertiary/aromatic N) is 10. The van der Waals surface area contributed by atoms with E-state index in [9.17, 15) is 30.3 Å². The van der Waals surface area contributed by atoms with E-state index in [1.54, 1.807) is 41.1 Å². The molecule has 0 unspecified atom stereocenters. The zero-order valence-corrected chi connectivity index (χ0v) is 49.5. The largest absolute Gasteiger partial charge is 0.382 e. The highest BCUT2D eigenvalue weighted by molar-refractivity contribution is 6.76. The Morgan fingerprint density at radius 1 is 0.520 bits per heavy atom. The topological polar surface area (TPSA) is 252 Å². The molecule has 0 aliphatic heterocycles. The van der Waals surface area contributed by atoms with Gasteiger partial charge in [-0.05, 0) is 92.0 Å². The van der Waals surface area contributed by atoms with Crippen LogP contribution in [0.15, 0.2) is 72.8 Å². The Bertz CT molecular complexity index is 2830. The average Bonchev–Trinajstić information content (AvgIpc) is 3.94. The van der Waals surface area contributed by atoms with Gasteiger partial charge in [0.2, 0.25) is 0 Å². The average molecular weight is 1090 g/mol. The van der Waals surface area contributed by atoms with Gasteiger partial charge in [0.25, 0.3) is 17.1 Å². The molecule has 408 valence electrons. The van der Waals surface area contributed by atoms with Gasteiger partial charge in [0.15, 0.2) is 17.5 Å². The third-order valence-corrected chi connectivity index (χ3v) is 17.1. The molecule has 0 bridgehead atoms. The third-order valence-electron chi connectivity index (χ3n) is 12.0. The summed E-state index contributed by atoms with van der Waals surface area (Å²) < 4.78 is 22.8. The molecule has 0 radical (unpaired) electrons. The SMILES string of the molecule is CNc1nn(COCC[Si](C)(C)C)c(C)c1-c1ccc([N+](=O)[O-])cc1.Cc1c(-c2ccc([N+](=O)[O-])cc2)c(N(C)C)nn1COCC[Si](C)(C)C.Cc1c(-c2ccc([N+](=O)[O-])cc2)c(N)nn1COCC[Si](C)(C)C. The van der Waals surface area contributed by atoms with Crippen LogP contribution in [0.2, 0.25) is 77.1 Å². The summed E-state index contributed by atoms with van der Waals surface area (Å²) in [7, 11) is 2.34. The number of rotatable bonds is 23. The summed E-state index contributed by atoms with van der Waals surface area (Å²) >= 11 is 0. The first-order valence-corrected chi connectivity index (χ1v) is 35.9. The van der Waals surface area contributed by atoms with Gasteiger partial charge >= 0.3 is 0 Å². The Kier molecular flexibility index (Phi) is 21.8. The second-order valence-corrected chi connectivity index (χ2v) is 38.9. The minimum absolute atomic E-state index is 0.0528. The zero-order chi connectivity index (χ0) is 56.0. The van der Waals surface area contributed by atoms with Crippen molar-refractivity contribution in [1.29, 1.82) is 0 Å². The van der Waals surface area contributed by atoms with E-state index in [1.165, 1.54) is 36.4 Å². The molecule has 0 saturated heterocycles. The van der Waals surface area contributed by atoms with Crippen LogP contribution in [0, 0.1) is 51.1 Å². The quantitative estimate of drug-likeness (QED) is 0.0262. The fourth-order valence-corrected chi connectivity index (χ4v) is 9.66. The van der Waals surface area contributed by atoms with Crippen molar-refractivity contribution >= 4 is 58.7 Å². The molecule has 0 saturated carbocycles. The van der Waals surface area contributed by atoms with E-state index in [2.05, 4.69) is 79.5 Å². The molecule has 0 aliphatic rings. The molecule has 0 spiro atoms. The molecule has 3 aromatic carbocycles. The molecule has 0 atom stereocenters. The van der Waals surface area contributed by atoms with Crippen molar-refractivity contribution in [2.45, 2.75) is 118 Å². The van der Waals surface area contributed by atoms with E-state index in [4.69, 9.17) is 19.9 Å². The van der Waals surface area contributed by atoms with E-state index in [1.807, 2.05) is 56.2 Å². The minimum atomic E-state index is -1.12. The van der Waals surface area contributed by atoms with Crippen molar-refractivity contribution in [2.24, 2.45) is 0 Å². The van der Waals surface area contributed by atoms with Gasteiger partial charge in [-0.1, -0.05) is 58.9 Å². The van der Waals surface area contributed by atoms with Crippen LogP contribution < -0.4 is 16.0 Å². The summed E-state index contributed by atoms with van der Waals surface area (Å²) in [6, 6.07) is 22.7. The minimum Gasteiger partial charge on any atom is -0.382 e. The molecule has 3 aromatic heterocycles. The molecule has 3 heterocycles. The van der Waals surface area contributed by atoms with Crippen LogP contribution >= 0.6 is 0 Å². The molecule has 21 nitrogen and oxygen atoms in total. The number of hydrogen-bond donors (Lipinski definition) is 2. The van der Waals surface area contributed by atoms with Crippen molar-refractivity contribution in [1.82, 2.24) is 29.3 Å². The van der Waals surface area contributed by atoms with Crippen LogP contribution in [0.3, 0.4) is 0 Å². The van der Waals surface area contributed by atoms with Gasteiger partial charge in [0, 0.05) is 135 Å². The predicted octanol–water partition coefficient (Wildman–Crippen LogP) is 11.9. The number of hydrogen-bond acceptors (Lipinski definition) is 15. The summed E-state index contributed by atoms with van der Waals surface area (Å²) in [6.07, 6.45) is 0. The highest BCUT2D eigenvalue weighted by atomic mass is 28.3. The maximum atomic E-state index is 10.9. The number of nitrogens with two attached hydrogens (primary N) is 1. The number of nitrogens with one attached hydrogen (secondary N) is 1. The van der Waals surface area contributed by atoms with E-state index in [0.717, 1.165) is 93.4 Å². The molecular formula is C51H78N12O9Si3. The lowest BCUT2D eigenvalue weighted by molar-refractivity contribution is -0.385. The van der Waals surface area contributed by atoms with Crippen molar-refractivity contribution < 1.29 is 29.0 Å². The summed E-state index contributed by atoms with van der Waals surface area (Å²) in [5, 5.41) is 49.1. The molecule has 3 N–H and O–H groups in total. The third kappa shape index (κ3) is 18.3. The summed E-state index contributed by atoms with van der Waals surface area (Å²) in [5.74, 6) is 1.96. The number of non-ortho nitro benzene ring substituents is 3. The summed E-state index contributed by atoms with van der Waals surface area (Å²) in [5.41, 5.74) is 14.4. The second kappa shape index (κ2) is 26.8. The summed E-state index contributed by atoms with van der Waals surface area (Å²) in [6.45, 7) is 30.1. The summed E-state index contributed by atoms with van der Waals surface area (Å²) in [4.78, 5) is 33.2. The van der Waals surface area contributed by atoms with Gasteiger partial charge < -0.3 is 30.2 Å². The molecule has 24 heteroatoms. The van der Waals surface area contributed by atoms with Gasteiger partial charge in [-0.15, -0.1) is 0 Å². The number of ether oxygens (including phenoxy) is 3. The van der Waals surface area contributed by atoms with E-state index < -0.39 is 34.1 Å². The van der Waals surface area contributed by atoms with Crippen LogP contribution in [0.1, 0.15) is 17.1 Å². The number of aromatic nitrogens is 6. The normalized spacial score (nSPS) is 11.6. The van der Waals surface area contributed by atoms with Crippen molar-refractivity contribution in [3.8, 4) is 33.4 Å². The van der Waals surface area contributed by atoms with Gasteiger partial charge in [-0.2, -0.15) is 15.3 Å². The Labute approximate surface area is 443 Å². The van der Waals surface area contributed by atoms with Crippen LogP contribution in [0.5, 0.6) is 0 Å². The highest BCUT2D eigenvalue weighted by Gasteiger charge is 2.22.